The van der Waals surface area contributed by atoms with E-state index in [4.69, 9.17) is 5.10 Å². The van der Waals surface area contributed by atoms with Gasteiger partial charge in [-0.05, 0) is 51.8 Å². The van der Waals surface area contributed by atoms with Crippen LogP contribution >= 0.6 is 11.3 Å². The Bertz CT molecular complexity index is 956. The molecule has 3 aromatic rings. The molecule has 1 N–H and O–H groups in total. The highest BCUT2D eigenvalue weighted by Gasteiger charge is 2.25. The second kappa shape index (κ2) is 7.40. The van der Waals surface area contributed by atoms with Gasteiger partial charge in [0.2, 0.25) is 10.1 Å². The number of ketones is 1. The molecule has 1 aromatic carbocycles. The Hall–Kier alpha value is -2.25. The number of nitrogens with zero attached hydrogens (tertiary/aromatic N) is 4. The van der Waals surface area contributed by atoms with Crippen LogP contribution in [0.15, 0.2) is 30.5 Å². The molecule has 0 saturated carbocycles. The predicted molar refractivity (Wildman–Crippen MR) is 110 cm³/mol. The summed E-state index contributed by atoms with van der Waals surface area (Å²) in [6.45, 7) is 6.07. The Kier molecular flexibility index (Phi) is 4.97. The lowest BCUT2D eigenvalue weighted by Crippen LogP contribution is -2.41. The molecule has 1 atom stereocenters. The van der Waals surface area contributed by atoms with Crippen LogP contribution in [0.4, 0.5) is 5.13 Å². The van der Waals surface area contributed by atoms with Crippen LogP contribution in [0.2, 0.25) is 0 Å². The van der Waals surface area contributed by atoms with Crippen molar-refractivity contribution in [2.75, 3.05) is 25.0 Å². The third-order valence-electron chi connectivity index (χ3n) is 5.62. The van der Waals surface area contributed by atoms with Crippen molar-refractivity contribution in [1.82, 2.24) is 19.9 Å². The lowest BCUT2D eigenvalue weighted by molar-refractivity contribution is 0.101. The minimum atomic E-state index is 0.0621. The Morgan fingerprint density at radius 2 is 2.15 bits per heavy atom. The van der Waals surface area contributed by atoms with Crippen molar-refractivity contribution in [3.05, 3.63) is 36.0 Å². The zero-order valence-electron chi connectivity index (χ0n) is 16.0. The molecule has 6 nitrogen and oxygen atoms in total. The molecule has 1 aliphatic rings. The minimum Gasteiger partial charge on any atom is -0.347 e. The number of rotatable bonds is 5. The molecule has 4 rings (SSSR count). The first-order valence-corrected chi connectivity index (χ1v) is 10.3. The first-order chi connectivity index (χ1) is 13.0. The number of fused-ring (bicyclic) bond motifs is 1. The normalized spacial score (nSPS) is 16.6. The molecule has 0 aliphatic carbocycles. The summed E-state index contributed by atoms with van der Waals surface area (Å²) in [5.41, 5.74) is 2.58. The number of carbonyl (C=O) groups excluding carboxylic acids is 1. The van der Waals surface area contributed by atoms with Gasteiger partial charge in [0.1, 0.15) is 0 Å². The number of hydrogen-bond acceptors (Lipinski definition) is 6. The van der Waals surface area contributed by atoms with Crippen molar-refractivity contribution in [2.45, 2.75) is 32.7 Å². The fourth-order valence-corrected chi connectivity index (χ4v) is 4.66. The van der Waals surface area contributed by atoms with Crippen LogP contribution in [0.25, 0.3) is 16.2 Å². The van der Waals surface area contributed by atoms with Gasteiger partial charge in [-0.25, -0.2) is 9.50 Å². The van der Waals surface area contributed by atoms with Crippen LogP contribution in [0.1, 0.15) is 37.0 Å². The smallest absolute Gasteiger partial charge is 0.214 e. The second-order valence-electron chi connectivity index (χ2n) is 7.30. The monoisotopic (exact) mass is 383 g/mol. The molecule has 0 bridgehead atoms. The molecule has 3 heterocycles. The molecule has 0 radical (unpaired) electrons. The average Bonchev–Trinajstić information content (AvgIpc) is 3.28. The highest BCUT2D eigenvalue weighted by molar-refractivity contribution is 7.20. The number of Topliss-reactive ketones (excluding diaryl/α,β-unsaturated/α-hetero) is 1. The highest BCUT2D eigenvalue weighted by atomic mass is 32.1. The zero-order valence-corrected chi connectivity index (χ0v) is 16.8. The molecule has 1 fully saturated rings. The van der Waals surface area contributed by atoms with Gasteiger partial charge in [-0.2, -0.15) is 0 Å². The molecule has 1 saturated heterocycles. The molecule has 27 heavy (non-hydrogen) atoms. The summed E-state index contributed by atoms with van der Waals surface area (Å²) in [7, 11) is 2.13. The first-order valence-electron chi connectivity index (χ1n) is 9.44. The van der Waals surface area contributed by atoms with E-state index in [1.807, 2.05) is 35.0 Å². The standard InChI is InChI=1S/C20H25N5OS/c1-13(15-7-9-21-10-8-15)24(3)20-23-25-18(12-22-19(25)27-20)17-6-4-5-16(11-17)14(2)26/h4-6,11-13,15,21H,7-10H2,1-3H3. The number of hydrogen-bond donors (Lipinski definition) is 1. The summed E-state index contributed by atoms with van der Waals surface area (Å²) in [6.07, 6.45) is 4.24. The Balaban J connectivity index is 1.64. The number of benzene rings is 1. The SMILES string of the molecule is CC(=O)c1cccc(-c2cnc3sc(N(C)C(C)C4CCNCC4)nn23)c1. The molecular formula is C20H25N5OS. The maximum atomic E-state index is 11.7. The van der Waals surface area contributed by atoms with E-state index in [1.165, 1.54) is 12.8 Å². The number of piperidine rings is 1. The fourth-order valence-electron chi connectivity index (χ4n) is 3.74. The number of nitrogens with one attached hydrogen (secondary N) is 1. The van der Waals surface area contributed by atoms with E-state index in [0.29, 0.717) is 17.5 Å². The third-order valence-corrected chi connectivity index (χ3v) is 6.63. The van der Waals surface area contributed by atoms with Gasteiger partial charge < -0.3 is 10.2 Å². The van der Waals surface area contributed by atoms with Gasteiger partial charge in [0.05, 0.1) is 11.9 Å². The van der Waals surface area contributed by atoms with Gasteiger partial charge >= 0.3 is 0 Å². The summed E-state index contributed by atoms with van der Waals surface area (Å²) in [6, 6.07) is 8.09. The predicted octanol–water partition coefficient (Wildman–Crippen LogP) is 3.48. The lowest BCUT2D eigenvalue weighted by Gasteiger charge is -2.34. The van der Waals surface area contributed by atoms with E-state index in [0.717, 1.165) is 34.4 Å². The quantitative estimate of drug-likeness (QED) is 0.684. The summed E-state index contributed by atoms with van der Waals surface area (Å²) in [5, 5.41) is 9.25. The summed E-state index contributed by atoms with van der Waals surface area (Å²) in [5.74, 6) is 0.742. The topological polar surface area (TPSA) is 62.5 Å². The van der Waals surface area contributed by atoms with E-state index in [2.05, 4.69) is 29.2 Å². The summed E-state index contributed by atoms with van der Waals surface area (Å²) < 4.78 is 1.89. The number of anilines is 1. The van der Waals surface area contributed by atoms with E-state index in [-0.39, 0.29) is 5.78 Å². The number of carbonyl (C=O) groups is 1. The highest BCUT2D eigenvalue weighted by Crippen LogP contribution is 2.31. The maximum absolute atomic E-state index is 11.7. The van der Waals surface area contributed by atoms with Crippen molar-refractivity contribution >= 4 is 27.2 Å². The van der Waals surface area contributed by atoms with Gasteiger partial charge in [-0.15, -0.1) is 5.10 Å². The Morgan fingerprint density at radius 1 is 1.37 bits per heavy atom. The first kappa shape index (κ1) is 18.1. The molecule has 1 aliphatic heterocycles. The van der Waals surface area contributed by atoms with Crippen LogP contribution in [0.3, 0.4) is 0 Å². The van der Waals surface area contributed by atoms with E-state index in [1.54, 1.807) is 18.3 Å². The molecule has 1 unspecified atom stereocenters. The summed E-state index contributed by atoms with van der Waals surface area (Å²) >= 11 is 1.61. The van der Waals surface area contributed by atoms with Crippen LogP contribution in [0, 0.1) is 5.92 Å². The van der Waals surface area contributed by atoms with Crippen molar-refractivity contribution in [2.24, 2.45) is 5.92 Å². The van der Waals surface area contributed by atoms with Crippen LogP contribution in [-0.4, -0.2) is 46.6 Å². The van der Waals surface area contributed by atoms with Gasteiger partial charge in [0.25, 0.3) is 0 Å². The average molecular weight is 384 g/mol. The van der Waals surface area contributed by atoms with E-state index >= 15 is 0 Å². The van der Waals surface area contributed by atoms with Gasteiger partial charge in [0.15, 0.2) is 5.78 Å². The van der Waals surface area contributed by atoms with Crippen LogP contribution in [0.5, 0.6) is 0 Å². The Morgan fingerprint density at radius 3 is 2.89 bits per heavy atom. The van der Waals surface area contributed by atoms with Crippen molar-refractivity contribution in [3.63, 3.8) is 0 Å². The van der Waals surface area contributed by atoms with Crippen LogP contribution in [-0.2, 0) is 0 Å². The second-order valence-corrected chi connectivity index (χ2v) is 8.23. The molecular weight excluding hydrogens is 358 g/mol. The van der Waals surface area contributed by atoms with Gasteiger partial charge in [0, 0.05) is 24.2 Å². The fraction of sp³-hybridized carbons (Fsp3) is 0.450. The van der Waals surface area contributed by atoms with Crippen molar-refractivity contribution in [3.8, 4) is 11.3 Å². The van der Waals surface area contributed by atoms with Gasteiger partial charge in [-0.1, -0.05) is 29.5 Å². The number of aromatic nitrogens is 3. The van der Waals surface area contributed by atoms with Crippen LogP contribution < -0.4 is 10.2 Å². The molecule has 2 aromatic heterocycles. The largest absolute Gasteiger partial charge is 0.347 e. The number of imidazole rings is 1. The molecule has 142 valence electrons. The van der Waals surface area contributed by atoms with Gasteiger partial charge in [-0.3, -0.25) is 4.79 Å². The van der Waals surface area contributed by atoms with Crippen molar-refractivity contribution < 1.29 is 4.79 Å². The molecule has 7 heteroatoms. The third kappa shape index (κ3) is 3.49. The lowest BCUT2D eigenvalue weighted by atomic mass is 9.91. The Labute approximate surface area is 163 Å². The maximum Gasteiger partial charge on any atom is 0.214 e. The van der Waals surface area contributed by atoms with Crippen molar-refractivity contribution in [1.29, 1.82) is 0 Å². The molecule has 0 amide bonds. The molecule has 0 spiro atoms. The summed E-state index contributed by atoms with van der Waals surface area (Å²) in [4.78, 5) is 19.4. The van der Waals surface area contributed by atoms with E-state index in [9.17, 15) is 4.79 Å². The minimum absolute atomic E-state index is 0.0621. The zero-order chi connectivity index (χ0) is 19.0. The van der Waals surface area contributed by atoms with E-state index < -0.39 is 0 Å².